The first-order valence-corrected chi connectivity index (χ1v) is 9.13. The highest BCUT2D eigenvalue weighted by molar-refractivity contribution is 5.99. The molecule has 0 aliphatic rings. The summed E-state index contributed by atoms with van der Waals surface area (Å²) in [7, 11) is 1.46. The van der Waals surface area contributed by atoms with Gasteiger partial charge in [-0.3, -0.25) is 0 Å². The van der Waals surface area contributed by atoms with Crippen LogP contribution in [0.3, 0.4) is 0 Å². The lowest BCUT2D eigenvalue weighted by molar-refractivity contribution is -0.159. The molecular weight excluding hydrogens is 413 g/mol. The minimum atomic E-state index is -4.70. The second kappa shape index (κ2) is 9.41. The molecule has 162 valence electrons. The Labute approximate surface area is 176 Å². The van der Waals surface area contributed by atoms with Crippen molar-refractivity contribution in [2.75, 3.05) is 7.11 Å². The van der Waals surface area contributed by atoms with Gasteiger partial charge in [0.1, 0.15) is 13.7 Å². The smallest absolute Gasteiger partial charge is 0.399 e. The molecule has 0 amide bonds. The molecule has 0 spiro atoms. The van der Waals surface area contributed by atoms with E-state index in [0.717, 1.165) is 16.7 Å². The Hall–Kier alpha value is -3.69. The van der Waals surface area contributed by atoms with E-state index in [1.54, 1.807) is 37.4 Å². The van der Waals surface area contributed by atoms with Gasteiger partial charge in [-0.05, 0) is 31.0 Å². The van der Waals surface area contributed by atoms with Crippen molar-refractivity contribution in [2.45, 2.75) is 26.6 Å². The summed E-state index contributed by atoms with van der Waals surface area (Å²) in [6, 6.07) is 12.3. The third kappa shape index (κ3) is 5.47. The number of hydrogen-bond acceptors (Lipinski definition) is 7. The molecule has 2 aromatic carbocycles. The molecule has 0 aliphatic heterocycles. The molecule has 0 radical (unpaired) electrons. The highest BCUT2D eigenvalue weighted by Gasteiger charge is 2.38. The predicted octanol–water partition coefficient (Wildman–Crippen LogP) is 4.98. The van der Waals surface area contributed by atoms with Gasteiger partial charge < -0.3 is 14.2 Å². The van der Waals surface area contributed by atoms with Gasteiger partial charge in [0.2, 0.25) is 5.82 Å². The first-order valence-electron chi connectivity index (χ1n) is 9.13. The summed E-state index contributed by atoms with van der Waals surface area (Å²) < 4.78 is 42.3. The topological polar surface area (TPSA) is 82.1 Å². The van der Waals surface area contributed by atoms with Crippen LogP contribution in [-0.2, 0) is 22.5 Å². The van der Waals surface area contributed by atoms with Crippen LogP contribution in [0.5, 0.6) is 0 Å². The Morgan fingerprint density at radius 3 is 2.68 bits per heavy atom. The highest BCUT2D eigenvalue weighted by atomic mass is 19.4. The Bertz CT molecular complexity index is 1110. The molecule has 0 unspecified atom stereocenters. The standard InChI is InChI=1S/C21H19F3N4O3/c1-13-6-4-9-17(11-25-29-3)18(13)12-30-27-14(2)15-7-5-8-16(10-15)19-26-20(31-28-19)21(22,23)24/h4-11H,12H2,1-3H3/b25-11-,27-14+. The van der Waals surface area contributed by atoms with Gasteiger partial charge in [0.25, 0.3) is 0 Å². The molecule has 10 heteroatoms. The molecule has 0 saturated heterocycles. The minimum Gasteiger partial charge on any atom is -0.399 e. The second-order valence-electron chi connectivity index (χ2n) is 6.51. The summed E-state index contributed by atoms with van der Waals surface area (Å²) in [6.45, 7) is 3.87. The lowest BCUT2D eigenvalue weighted by Gasteiger charge is -2.09. The fourth-order valence-electron chi connectivity index (χ4n) is 2.74. The molecule has 0 aliphatic carbocycles. The van der Waals surface area contributed by atoms with Crippen molar-refractivity contribution >= 4 is 11.9 Å². The number of benzene rings is 2. The van der Waals surface area contributed by atoms with E-state index in [2.05, 4.69) is 25.0 Å². The van der Waals surface area contributed by atoms with Gasteiger partial charge in [-0.25, -0.2) is 0 Å². The summed E-state index contributed by atoms with van der Waals surface area (Å²) in [5.41, 5.74) is 4.29. The van der Waals surface area contributed by atoms with Crippen molar-refractivity contribution in [3.8, 4) is 11.4 Å². The van der Waals surface area contributed by atoms with Gasteiger partial charge in [0.05, 0.1) is 11.9 Å². The van der Waals surface area contributed by atoms with E-state index < -0.39 is 12.1 Å². The summed E-state index contributed by atoms with van der Waals surface area (Å²) in [5, 5.41) is 11.3. The molecular formula is C21H19F3N4O3. The largest absolute Gasteiger partial charge is 0.471 e. The Balaban J connectivity index is 1.76. The second-order valence-corrected chi connectivity index (χ2v) is 6.51. The number of alkyl halides is 3. The number of aromatic nitrogens is 2. The summed E-state index contributed by atoms with van der Waals surface area (Å²) in [4.78, 5) is 13.7. The first kappa shape index (κ1) is 22.0. The van der Waals surface area contributed by atoms with E-state index in [-0.39, 0.29) is 12.4 Å². The van der Waals surface area contributed by atoms with E-state index >= 15 is 0 Å². The average Bonchev–Trinajstić information content (AvgIpc) is 3.25. The molecule has 31 heavy (non-hydrogen) atoms. The molecule has 1 heterocycles. The van der Waals surface area contributed by atoms with Gasteiger partial charge in [0, 0.05) is 16.7 Å². The number of aryl methyl sites for hydroxylation is 1. The maximum atomic E-state index is 12.7. The lowest BCUT2D eigenvalue weighted by atomic mass is 10.0. The molecule has 0 bridgehead atoms. The number of hydrogen-bond donors (Lipinski definition) is 0. The molecule has 3 rings (SSSR count). The minimum absolute atomic E-state index is 0.162. The van der Waals surface area contributed by atoms with E-state index in [1.807, 2.05) is 25.1 Å². The summed E-state index contributed by atoms with van der Waals surface area (Å²) in [5.74, 6) is -1.56. The summed E-state index contributed by atoms with van der Waals surface area (Å²) >= 11 is 0. The van der Waals surface area contributed by atoms with Crippen LogP contribution >= 0.6 is 0 Å². The van der Waals surface area contributed by atoms with E-state index in [9.17, 15) is 13.2 Å². The highest BCUT2D eigenvalue weighted by Crippen LogP contribution is 2.29. The van der Waals surface area contributed by atoms with Crippen molar-refractivity contribution < 1.29 is 27.4 Å². The Morgan fingerprint density at radius 2 is 1.97 bits per heavy atom. The number of halogens is 3. The lowest BCUT2D eigenvalue weighted by Crippen LogP contribution is -2.04. The predicted molar refractivity (Wildman–Crippen MR) is 108 cm³/mol. The van der Waals surface area contributed by atoms with Crippen LogP contribution in [0, 0.1) is 6.92 Å². The molecule has 3 aromatic rings. The average molecular weight is 432 g/mol. The number of nitrogens with zero attached hydrogens (tertiary/aromatic N) is 4. The van der Waals surface area contributed by atoms with E-state index in [1.165, 1.54) is 7.11 Å². The van der Waals surface area contributed by atoms with Crippen LogP contribution in [0.4, 0.5) is 13.2 Å². The number of rotatable bonds is 7. The van der Waals surface area contributed by atoms with Crippen LogP contribution in [0.2, 0.25) is 0 Å². The van der Waals surface area contributed by atoms with Gasteiger partial charge in [-0.15, -0.1) is 0 Å². The van der Waals surface area contributed by atoms with Crippen LogP contribution in [0.15, 0.2) is 57.3 Å². The zero-order chi connectivity index (χ0) is 22.4. The molecule has 7 nitrogen and oxygen atoms in total. The fraction of sp³-hybridized carbons (Fsp3) is 0.238. The molecule has 0 fully saturated rings. The van der Waals surface area contributed by atoms with Crippen LogP contribution in [-0.4, -0.2) is 29.2 Å². The Morgan fingerprint density at radius 1 is 1.19 bits per heavy atom. The maximum Gasteiger partial charge on any atom is 0.471 e. The van der Waals surface area contributed by atoms with E-state index in [0.29, 0.717) is 16.8 Å². The Kier molecular flexibility index (Phi) is 6.68. The van der Waals surface area contributed by atoms with Gasteiger partial charge in [0.15, 0.2) is 0 Å². The van der Waals surface area contributed by atoms with Crippen molar-refractivity contribution in [2.24, 2.45) is 10.3 Å². The maximum absolute atomic E-state index is 12.7. The number of oxime groups is 2. The van der Waals surface area contributed by atoms with Crippen molar-refractivity contribution in [1.29, 1.82) is 0 Å². The van der Waals surface area contributed by atoms with Gasteiger partial charge in [-0.2, -0.15) is 18.2 Å². The normalized spacial score (nSPS) is 12.4. The monoisotopic (exact) mass is 432 g/mol. The third-order valence-electron chi connectivity index (χ3n) is 4.36. The molecule has 1 aromatic heterocycles. The quantitative estimate of drug-likeness (QED) is 0.388. The SMILES string of the molecule is CO/N=C\c1cccc(C)c1CO/N=C(\C)c1cccc(-c2noc(C(F)(F)F)n2)c1. The molecule has 0 N–H and O–H groups in total. The van der Waals surface area contributed by atoms with Crippen LogP contribution in [0.25, 0.3) is 11.4 Å². The zero-order valence-electron chi connectivity index (χ0n) is 17.0. The fourth-order valence-corrected chi connectivity index (χ4v) is 2.74. The van der Waals surface area contributed by atoms with Crippen LogP contribution < -0.4 is 0 Å². The van der Waals surface area contributed by atoms with Crippen LogP contribution in [0.1, 0.15) is 35.1 Å². The molecule has 0 saturated carbocycles. The third-order valence-corrected chi connectivity index (χ3v) is 4.36. The van der Waals surface area contributed by atoms with Gasteiger partial charge >= 0.3 is 12.1 Å². The van der Waals surface area contributed by atoms with Gasteiger partial charge in [-0.1, -0.05) is 51.9 Å². The van der Waals surface area contributed by atoms with Crippen molar-refractivity contribution in [1.82, 2.24) is 10.1 Å². The zero-order valence-corrected chi connectivity index (χ0v) is 17.0. The van der Waals surface area contributed by atoms with Crippen molar-refractivity contribution in [3.05, 3.63) is 70.6 Å². The van der Waals surface area contributed by atoms with E-state index in [4.69, 9.17) is 9.68 Å². The van der Waals surface area contributed by atoms with Crippen molar-refractivity contribution in [3.63, 3.8) is 0 Å². The summed E-state index contributed by atoms with van der Waals surface area (Å²) in [6.07, 6.45) is -3.11. The first-order chi connectivity index (χ1) is 14.8. The molecule has 0 atom stereocenters.